The number of imide groups is 1. The molecule has 1 saturated carbocycles. The van der Waals surface area contributed by atoms with E-state index in [2.05, 4.69) is 10.6 Å². The predicted molar refractivity (Wildman–Crippen MR) is 96.3 cm³/mol. The first-order valence-electron chi connectivity index (χ1n) is 9.06. The van der Waals surface area contributed by atoms with Crippen molar-refractivity contribution in [2.75, 3.05) is 32.7 Å². The molecule has 1 aromatic rings. The summed E-state index contributed by atoms with van der Waals surface area (Å²) in [6, 6.07) is 3.18. The number of benzene rings is 1. The van der Waals surface area contributed by atoms with E-state index in [1.165, 1.54) is 0 Å². The molecule has 2 N–H and O–H groups in total. The molecule has 0 radical (unpaired) electrons. The van der Waals surface area contributed by atoms with Crippen LogP contribution in [-0.2, 0) is 21.0 Å². The SMILES string of the molecule is O=C(CN1CCN(S(=O)(=O)c2cccc(C(F)(F)F)c2)CC1)NC(=O)NC1CC1. The first kappa shape index (κ1) is 21.5. The van der Waals surface area contributed by atoms with E-state index in [9.17, 15) is 31.2 Å². The molecule has 1 aliphatic heterocycles. The Morgan fingerprint density at radius 2 is 1.76 bits per heavy atom. The molecule has 0 atom stereocenters. The number of urea groups is 1. The molecule has 1 saturated heterocycles. The van der Waals surface area contributed by atoms with E-state index < -0.39 is 38.6 Å². The number of hydrogen-bond acceptors (Lipinski definition) is 5. The minimum Gasteiger partial charge on any atom is -0.335 e. The fourth-order valence-electron chi connectivity index (χ4n) is 2.93. The van der Waals surface area contributed by atoms with E-state index >= 15 is 0 Å². The van der Waals surface area contributed by atoms with Crippen molar-refractivity contribution in [1.82, 2.24) is 19.8 Å². The highest BCUT2D eigenvalue weighted by molar-refractivity contribution is 7.89. The number of sulfonamides is 1. The van der Waals surface area contributed by atoms with Gasteiger partial charge in [-0.05, 0) is 31.0 Å². The minimum absolute atomic E-state index is 0.0279. The van der Waals surface area contributed by atoms with E-state index in [1.807, 2.05) is 0 Å². The number of carbonyl (C=O) groups excluding carboxylic acids is 2. The lowest BCUT2D eigenvalue weighted by Crippen LogP contribution is -2.52. The highest BCUT2D eigenvalue weighted by Gasteiger charge is 2.34. The molecule has 2 aliphatic rings. The molecular formula is C17H21F3N4O4S. The van der Waals surface area contributed by atoms with E-state index in [4.69, 9.17) is 0 Å². The zero-order valence-corrected chi connectivity index (χ0v) is 16.2. The lowest BCUT2D eigenvalue weighted by Gasteiger charge is -2.33. The van der Waals surface area contributed by atoms with Gasteiger partial charge in [-0.1, -0.05) is 6.07 Å². The normalized spacial score (nSPS) is 19.0. The van der Waals surface area contributed by atoms with Crippen molar-refractivity contribution < 1.29 is 31.2 Å². The summed E-state index contributed by atoms with van der Waals surface area (Å²) >= 11 is 0. The van der Waals surface area contributed by atoms with Gasteiger partial charge in [0.05, 0.1) is 17.0 Å². The molecule has 29 heavy (non-hydrogen) atoms. The number of nitrogens with zero attached hydrogens (tertiary/aromatic N) is 2. The summed E-state index contributed by atoms with van der Waals surface area (Å²) in [4.78, 5) is 24.7. The molecular weight excluding hydrogens is 413 g/mol. The quantitative estimate of drug-likeness (QED) is 0.721. The van der Waals surface area contributed by atoms with Crippen LogP contribution in [0.2, 0.25) is 0 Å². The second-order valence-electron chi connectivity index (χ2n) is 7.00. The van der Waals surface area contributed by atoms with Gasteiger partial charge < -0.3 is 5.32 Å². The Hall–Kier alpha value is -2.18. The van der Waals surface area contributed by atoms with E-state index in [0.29, 0.717) is 6.07 Å². The van der Waals surface area contributed by atoms with E-state index in [0.717, 1.165) is 35.3 Å². The molecule has 8 nitrogen and oxygen atoms in total. The van der Waals surface area contributed by atoms with Crippen LogP contribution in [0.25, 0.3) is 0 Å². The van der Waals surface area contributed by atoms with Crippen LogP contribution in [0.5, 0.6) is 0 Å². The number of halogens is 3. The Labute approximate surface area is 166 Å². The van der Waals surface area contributed by atoms with Gasteiger partial charge in [-0.25, -0.2) is 13.2 Å². The Morgan fingerprint density at radius 1 is 1.10 bits per heavy atom. The Kier molecular flexibility index (Phi) is 6.15. The van der Waals surface area contributed by atoms with Gasteiger partial charge in [-0.2, -0.15) is 17.5 Å². The van der Waals surface area contributed by atoms with Crippen molar-refractivity contribution in [3.8, 4) is 0 Å². The Morgan fingerprint density at radius 3 is 2.34 bits per heavy atom. The number of piperazine rings is 1. The molecule has 3 rings (SSSR count). The fourth-order valence-corrected chi connectivity index (χ4v) is 4.40. The molecule has 0 aromatic heterocycles. The number of rotatable bonds is 5. The number of amides is 3. The predicted octanol–water partition coefficient (Wildman–Crippen LogP) is 1.000. The molecule has 12 heteroatoms. The summed E-state index contributed by atoms with van der Waals surface area (Å²) in [5.74, 6) is -0.502. The molecule has 0 bridgehead atoms. The second-order valence-corrected chi connectivity index (χ2v) is 8.94. The van der Waals surface area contributed by atoms with Gasteiger partial charge in [0.15, 0.2) is 0 Å². The summed E-state index contributed by atoms with van der Waals surface area (Å²) in [7, 11) is -4.08. The maximum atomic E-state index is 12.9. The third-order valence-corrected chi connectivity index (χ3v) is 6.56. The zero-order valence-electron chi connectivity index (χ0n) is 15.4. The molecule has 0 spiro atoms. The third-order valence-electron chi connectivity index (χ3n) is 4.66. The number of hydrogen-bond donors (Lipinski definition) is 2. The van der Waals surface area contributed by atoms with Crippen LogP contribution in [0, 0.1) is 0 Å². The lowest BCUT2D eigenvalue weighted by atomic mass is 10.2. The van der Waals surface area contributed by atoms with Crippen molar-refractivity contribution >= 4 is 22.0 Å². The summed E-state index contributed by atoms with van der Waals surface area (Å²) in [5, 5.41) is 4.84. The van der Waals surface area contributed by atoms with Crippen molar-refractivity contribution in [3.63, 3.8) is 0 Å². The minimum atomic E-state index is -4.64. The molecule has 1 heterocycles. The average molecular weight is 434 g/mol. The van der Waals surface area contributed by atoms with Crippen molar-refractivity contribution in [2.24, 2.45) is 0 Å². The van der Waals surface area contributed by atoms with Crippen LogP contribution >= 0.6 is 0 Å². The lowest BCUT2D eigenvalue weighted by molar-refractivity contribution is -0.137. The number of alkyl halides is 3. The molecule has 1 aromatic carbocycles. The van der Waals surface area contributed by atoms with Crippen molar-refractivity contribution in [3.05, 3.63) is 29.8 Å². The van der Waals surface area contributed by atoms with Gasteiger partial charge in [0.1, 0.15) is 0 Å². The first-order valence-corrected chi connectivity index (χ1v) is 10.5. The largest absolute Gasteiger partial charge is 0.416 e. The highest BCUT2D eigenvalue weighted by atomic mass is 32.2. The van der Waals surface area contributed by atoms with Crippen LogP contribution in [-0.4, -0.2) is 68.3 Å². The van der Waals surface area contributed by atoms with Gasteiger partial charge in [0, 0.05) is 32.2 Å². The summed E-state index contributed by atoms with van der Waals surface area (Å²) in [5.41, 5.74) is -1.03. The van der Waals surface area contributed by atoms with Crippen LogP contribution in [0.1, 0.15) is 18.4 Å². The van der Waals surface area contributed by atoms with Gasteiger partial charge in [0.25, 0.3) is 0 Å². The van der Waals surface area contributed by atoms with E-state index in [1.54, 1.807) is 4.90 Å². The van der Waals surface area contributed by atoms with Crippen LogP contribution in [0.3, 0.4) is 0 Å². The van der Waals surface area contributed by atoms with Gasteiger partial charge in [-0.15, -0.1) is 0 Å². The Bertz CT molecular complexity index is 879. The maximum Gasteiger partial charge on any atom is 0.416 e. The summed E-state index contributed by atoms with van der Waals surface area (Å²) in [6.07, 6.45) is -2.85. The van der Waals surface area contributed by atoms with Crippen LogP contribution in [0.4, 0.5) is 18.0 Å². The molecule has 0 unspecified atom stereocenters. The second kappa shape index (κ2) is 8.28. The summed E-state index contributed by atoms with van der Waals surface area (Å²) < 4.78 is 65.0. The van der Waals surface area contributed by atoms with Gasteiger partial charge >= 0.3 is 12.2 Å². The molecule has 3 amide bonds. The zero-order chi connectivity index (χ0) is 21.2. The average Bonchev–Trinajstić information content (AvgIpc) is 3.45. The maximum absolute atomic E-state index is 12.9. The monoisotopic (exact) mass is 434 g/mol. The van der Waals surface area contributed by atoms with Crippen LogP contribution in [0.15, 0.2) is 29.2 Å². The van der Waals surface area contributed by atoms with Gasteiger partial charge in [0.2, 0.25) is 15.9 Å². The Balaban J connectivity index is 1.54. The number of nitrogens with one attached hydrogen (secondary N) is 2. The first-order chi connectivity index (χ1) is 13.6. The number of carbonyl (C=O) groups is 2. The highest BCUT2D eigenvalue weighted by Crippen LogP contribution is 2.31. The van der Waals surface area contributed by atoms with Crippen LogP contribution < -0.4 is 10.6 Å². The standard InChI is InChI=1S/C17H21F3N4O4S/c18-17(19,20)12-2-1-3-14(10-12)29(27,28)24-8-6-23(7-9-24)11-15(25)22-16(26)21-13-4-5-13/h1-3,10,13H,4-9,11H2,(H2,21,22,25,26). The van der Waals surface area contributed by atoms with E-state index in [-0.39, 0.29) is 38.8 Å². The van der Waals surface area contributed by atoms with Gasteiger partial charge in [-0.3, -0.25) is 15.0 Å². The fraction of sp³-hybridized carbons (Fsp3) is 0.529. The topological polar surface area (TPSA) is 98.8 Å². The third kappa shape index (κ3) is 5.67. The molecule has 1 aliphatic carbocycles. The smallest absolute Gasteiger partial charge is 0.335 e. The summed E-state index contributed by atoms with van der Waals surface area (Å²) in [6.45, 7) is 0.418. The van der Waals surface area contributed by atoms with Crippen molar-refractivity contribution in [1.29, 1.82) is 0 Å². The molecule has 2 fully saturated rings. The van der Waals surface area contributed by atoms with Crippen molar-refractivity contribution in [2.45, 2.75) is 30.0 Å². The molecule has 160 valence electrons.